The number of halogens is 1. The molecular formula is C23H28FN3O3. The Balaban J connectivity index is 2.08. The summed E-state index contributed by atoms with van der Waals surface area (Å²) in [5.41, 5.74) is 2.89. The van der Waals surface area contributed by atoms with Gasteiger partial charge in [0.1, 0.15) is 29.8 Å². The van der Waals surface area contributed by atoms with Crippen LogP contribution in [-0.4, -0.2) is 49.3 Å². The van der Waals surface area contributed by atoms with Gasteiger partial charge in [-0.15, -0.1) is 0 Å². The van der Waals surface area contributed by atoms with Crippen LogP contribution in [0.4, 0.5) is 4.39 Å². The van der Waals surface area contributed by atoms with Crippen LogP contribution in [0, 0.1) is 31.0 Å². The summed E-state index contributed by atoms with van der Waals surface area (Å²) in [5.74, 6) is -0.199. The summed E-state index contributed by atoms with van der Waals surface area (Å²) < 4.78 is 25.8. The van der Waals surface area contributed by atoms with Crippen molar-refractivity contribution >= 4 is 12.0 Å². The molecule has 7 heteroatoms. The topological polar surface area (TPSA) is 67.5 Å². The van der Waals surface area contributed by atoms with Gasteiger partial charge in [0.15, 0.2) is 0 Å². The number of hydrogen-bond acceptors (Lipinski definition) is 4. The molecule has 0 aliphatic rings. The number of carbonyl (C=O) groups excluding carboxylic acids is 1. The molecular weight excluding hydrogens is 385 g/mol. The number of amides is 1. The number of carbonyl (C=O) groups is 1. The Morgan fingerprint density at radius 3 is 2.60 bits per heavy atom. The van der Waals surface area contributed by atoms with E-state index >= 15 is 0 Å². The smallest absolute Gasteiger partial charge is 0.264 e. The molecule has 1 aromatic carbocycles. The number of ether oxygens (including phenoxy) is 2. The van der Waals surface area contributed by atoms with Gasteiger partial charge in [0.05, 0.1) is 19.2 Å². The Hall–Kier alpha value is -3.11. The molecule has 1 atom stereocenters. The van der Waals surface area contributed by atoms with Crippen LogP contribution in [0.2, 0.25) is 0 Å². The average Bonchev–Trinajstić information content (AvgIpc) is 3.00. The predicted molar refractivity (Wildman–Crippen MR) is 114 cm³/mol. The van der Waals surface area contributed by atoms with Crippen LogP contribution in [0.1, 0.15) is 29.9 Å². The lowest BCUT2D eigenvalue weighted by molar-refractivity contribution is -0.125. The zero-order valence-electron chi connectivity index (χ0n) is 18.1. The third-order valence-electron chi connectivity index (χ3n) is 4.88. The number of methoxy groups -OCH3 is 1. The SMILES string of the molecule is COCC(C)n1c(C)cc(/C=C(\C#N)C(=O)N(C)CCOc2ccc(F)cc2)c1C. The van der Waals surface area contributed by atoms with E-state index in [1.54, 1.807) is 20.2 Å². The maximum Gasteiger partial charge on any atom is 0.264 e. The molecule has 30 heavy (non-hydrogen) atoms. The van der Waals surface area contributed by atoms with Gasteiger partial charge >= 0.3 is 0 Å². The van der Waals surface area contributed by atoms with Crippen LogP contribution in [-0.2, 0) is 9.53 Å². The molecule has 6 nitrogen and oxygen atoms in total. The Labute approximate surface area is 177 Å². The maximum absolute atomic E-state index is 12.9. The van der Waals surface area contributed by atoms with Gasteiger partial charge in [0.2, 0.25) is 0 Å². The van der Waals surface area contributed by atoms with Crippen molar-refractivity contribution in [2.45, 2.75) is 26.8 Å². The van der Waals surface area contributed by atoms with E-state index in [0.717, 1.165) is 17.0 Å². The van der Waals surface area contributed by atoms with Crippen molar-refractivity contribution in [3.63, 3.8) is 0 Å². The molecule has 160 valence electrons. The van der Waals surface area contributed by atoms with Crippen molar-refractivity contribution in [2.75, 3.05) is 33.9 Å². The lowest BCUT2D eigenvalue weighted by Crippen LogP contribution is -2.31. The first-order valence-electron chi connectivity index (χ1n) is 9.71. The lowest BCUT2D eigenvalue weighted by Gasteiger charge is -2.18. The molecule has 1 amide bonds. The molecule has 1 unspecified atom stereocenters. The van der Waals surface area contributed by atoms with E-state index in [9.17, 15) is 14.4 Å². The fraction of sp³-hybridized carbons (Fsp3) is 0.391. The van der Waals surface area contributed by atoms with Crippen LogP contribution in [0.5, 0.6) is 5.75 Å². The summed E-state index contributed by atoms with van der Waals surface area (Å²) in [5, 5.41) is 9.54. The molecule has 0 saturated heterocycles. The summed E-state index contributed by atoms with van der Waals surface area (Å²) >= 11 is 0. The molecule has 0 aliphatic carbocycles. The quantitative estimate of drug-likeness (QED) is 0.462. The van der Waals surface area contributed by atoms with Gasteiger partial charge < -0.3 is 18.9 Å². The average molecular weight is 413 g/mol. The molecule has 0 radical (unpaired) electrons. The zero-order chi connectivity index (χ0) is 22.3. The van der Waals surface area contributed by atoms with Crippen molar-refractivity contribution in [3.05, 3.63) is 58.7 Å². The number of aryl methyl sites for hydroxylation is 1. The highest BCUT2D eigenvalue weighted by molar-refractivity contribution is 6.01. The minimum Gasteiger partial charge on any atom is -0.492 e. The van der Waals surface area contributed by atoms with Crippen molar-refractivity contribution in [3.8, 4) is 11.8 Å². The molecule has 1 aromatic heterocycles. The second kappa shape index (κ2) is 10.6. The first-order chi connectivity index (χ1) is 14.3. The summed E-state index contributed by atoms with van der Waals surface area (Å²) in [7, 11) is 3.28. The number of hydrogen-bond donors (Lipinski definition) is 0. The van der Waals surface area contributed by atoms with E-state index in [-0.39, 0.29) is 29.9 Å². The van der Waals surface area contributed by atoms with E-state index < -0.39 is 0 Å². The zero-order valence-corrected chi connectivity index (χ0v) is 18.1. The van der Waals surface area contributed by atoms with Crippen molar-refractivity contribution in [2.24, 2.45) is 0 Å². The first kappa shape index (κ1) is 23.2. The van der Waals surface area contributed by atoms with E-state index in [2.05, 4.69) is 11.5 Å². The number of nitrogens with zero attached hydrogens (tertiary/aromatic N) is 3. The normalized spacial score (nSPS) is 12.4. The van der Waals surface area contributed by atoms with Crippen molar-refractivity contribution in [1.29, 1.82) is 5.26 Å². The fourth-order valence-corrected chi connectivity index (χ4v) is 3.38. The first-order valence-corrected chi connectivity index (χ1v) is 9.71. The molecule has 0 fully saturated rings. The number of nitriles is 1. The van der Waals surface area contributed by atoms with Gasteiger partial charge in [0, 0.05) is 25.5 Å². The Morgan fingerprint density at radius 2 is 2.00 bits per heavy atom. The number of benzene rings is 1. The van der Waals surface area contributed by atoms with Gasteiger partial charge in [-0.3, -0.25) is 4.79 Å². The Kier molecular flexibility index (Phi) is 8.19. The van der Waals surface area contributed by atoms with Gasteiger partial charge in [-0.1, -0.05) is 0 Å². The molecule has 0 spiro atoms. The molecule has 0 saturated carbocycles. The summed E-state index contributed by atoms with van der Waals surface area (Å²) in [6, 6.07) is 9.79. The molecule has 2 aromatic rings. The summed E-state index contributed by atoms with van der Waals surface area (Å²) in [6.07, 6.45) is 1.62. The number of rotatable bonds is 9. The Morgan fingerprint density at radius 1 is 1.33 bits per heavy atom. The van der Waals surface area contributed by atoms with Crippen molar-refractivity contribution < 1.29 is 18.7 Å². The Bertz CT molecular complexity index is 942. The van der Waals surface area contributed by atoms with Gasteiger partial charge in [0.25, 0.3) is 5.91 Å². The molecule has 1 heterocycles. The molecule has 0 N–H and O–H groups in total. The highest BCUT2D eigenvalue weighted by Gasteiger charge is 2.18. The van der Waals surface area contributed by atoms with Crippen LogP contribution in [0.3, 0.4) is 0 Å². The summed E-state index contributed by atoms with van der Waals surface area (Å²) in [6.45, 7) is 7.10. The summed E-state index contributed by atoms with van der Waals surface area (Å²) in [4.78, 5) is 14.1. The van der Waals surface area contributed by atoms with E-state index in [4.69, 9.17) is 9.47 Å². The standard InChI is InChI=1S/C23H28FN3O3/c1-16-12-19(18(3)27(16)17(2)15-29-5)13-20(14-25)23(28)26(4)10-11-30-22-8-6-21(24)7-9-22/h6-9,12-13,17H,10-11,15H2,1-5H3/b20-13+. The van der Waals surface area contributed by atoms with Crippen LogP contribution < -0.4 is 4.74 Å². The largest absolute Gasteiger partial charge is 0.492 e. The second-order valence-corrected chi connectivity index (χ2v) is 7.20. The minimum atomic E-state index is -0.380. The molecule has 0 bridgehead atoms. The highest BCUT2D eigenvalue weighted by atomic mass is 19.1. The number of likely N-dealkylation sites (N-methyl/N-ethyl adjacent to an activating group) is 1. The van der Waals surface area contributed by atoms with Crippen LogP contribution in [0.15, 0.2) is 35.9 Å². The number of aromatic nitrogens is 1. The third kappa shape index (κ3) is 5.71. The van der Waals surface area contributed by atoms with Crippen LogP contribution in [0.25, 0.3) is 6.08 Å². The maximum atomic E-state index is 12.9. The third-order valence-corrected chi connectivity index (χ3v) is 4.88. The minimum absolute atomic E-state index is 0.0546. The van der Waals surface area contributed by atoms with E-state index in [1.165, 1.54) is 29.2 Å². The van der Waals surface area contributed by atoms with Gasteiger partial charge in [-0.25, -0.2) is 4.39 Å². The predicted octanol–water partition coefficient (Wildman–Crippen LogP) is 3.90. The van der Waals surface area contributed by atoms with Gasteiger partial charge in [-0.05, 0) is 62.7 Å². The van der Waals surface area contributed by atoms with Crippen molar-refractivity contribution in [1.82, 2.24) is 9.47 Å². The lowest BCUT2D eigenvalue weighted by atomic mass is 10.1. The molecule has 0 aliphatic heterocycles. The van der Waals surface area contributed by atoms with E-state index in [1.807, 2.05) is 26.0 Å². The van der Waals surface area contributed by atoms with E-state index in [0.29, 0.717) is 18.9 Å². The second-order valence-electron chi connectivity index (χ2n) is 7.20. The molecule has 2 rings (SSSR count). The highest BCUT2D eigenvalue weighted by Crippen LogP contribution is 2.23. The van der Waals surface area contributed by atoms with Gasteiger partial charge in [-0.2, -0.15) is 5.26 Å². The van der Waals surface area contributed by atoms with Crippen LogP contribution >= 0.6 is 0 Å². The monoisotopic (exact) mass is 413 g/mol. The fourth-order valence-electron chi connectivity index (χ4n) is 3.38.